The number of carbonyl (C=O) groups excluding carboxylic acids is 2. The van der Waals surface area contributed by atoms with Crippen LogP contribution >= 0.6 is 11.6 Å². The molecule has 0 saturated carbocycles. The van der Waals surface area contributed by atoms with Gasteiger partial charge in [0.2, 0.25) is 5.75 Å². The van der Waals surface area contributed by atoms with Crippen LogP contribution in [0.2, 0.25) is 5.02 Å². The van der Waals surface area contributed by atoms with Crippen LogP contribution in [0.5, 0.6) is 23.0 Å². The molecule has 0 bridgehead atoms. The number of methoxy groups -OCH3 is 3. The van der Waals surface area contributed by atoms with Crippen molar-refractivity contribution in [2.75, 3.05) is 34.7 Å². The zero-order valence-corrected chi connectivity index (χ0v) is 18.0. The third kappa shape index (κ3) is 5.31. The second-order valence-electron chi connectivity index (χ2n) is 6.42. The smallest absolute Gasteiger partial charge is 0.325 e. The molecule has 0 radical (unpaired) electrons. The van der Waals surface area contributed by atoms with Gasteiger partial charge in [-0.3, -0.25) is 9.59 Å². The van der Waals surface area contributed by atoms with Crippen molar-refractivity contribution in [2.45, 2.75) is 13.2 Å². The van der Waals surface area contributed by atoms with Gasteiger partial charge in [0, 0.05) is 21.7 Å². The fourth-order valence-electron chi connectivity index (χ4n) is 3.04. The van der Waals surface area contributed by atoms with Crippen molar-refractivity contribution < 1.29 is 38.0 Å². The lowest BCUT2D eigenvalue weighted by Crippen LogP contribution is -2.30. The molecule has 0 unspecified atom stereocenters. The van der Waals surface area contributed by atoms with E-state index in [4.69, 9.17) is 40.0 Å². The van der Waals surface area contributed by atoms with Gasteiger partial charge in [0.1, 0.15) is 18.9 Å². The first kappa shape index (κ1) is 22.5. The number of fused-ring (bicyclic) bond motifs is 1. The summed E-state index contributed by atoms with van der Waals surface area (Å²) in [6, 6.07) is 6.37. The highest BCUT2D eigenvalue weighted by Crippen LogP contribution is 2.38. The molecule has 0 spiro atoms. The van der Waals surface area contributed by atoms with Gasteiger partial charge in [-0.2, -0.15) is 0 Å². The number of carbonyl (C=O) groups is 2. The Balaban J connectivity index is 1.60. The molecule has 1 N–H and O–H groups in total. The van der Waals surface area contributed by atoms with Crippen LogP contribution in [0.4, 0.5) is 0 Å². The van der Waals surface area contributed by atoms with E-state index >= 15 is 0 Å². The average molecular weight is 452 g/mol. The lowest BCUT2D eigenvalue weighted by molar-refractivity contribution is -0.143. The Kier molecular flexibility index (Phi) is 7.43. The molecular weight excluding hydrogens is 430 g/mol. The minimum absolute atomic E-state index is 0.0538. The van der Waals surface area contributed by atoms with Crippen molar-refractivity contribution in [1.82, 2.24) is 5.32 Å². The van der Waals surface area contributed by atoms with E-state index in [0.29, 0.717) is 40.2 Å². The Hall–Kier alpha value is -3.17. The predicted octanol–water partition coefficient (Wildman–Crippen LogP) is 2.71. The topological polar surface area (TPSA) is 102 Å². The third-order valence-corrected chi connectivity index (χ3v) is 4.68. The van der Waals surface area contributed by atoms with Gasteiger partial charge in [0.15, 0.2) is 18.3 Å². The number of hydrogen-bond acceptors (Lipinski definition) is 8. The molecule has 1 heterocycles. The average Bonchev–Trinajstić information content (AvgIpc) is 2.79. The minimum Gasteiger partial charge on any atom is -0.493 e. The first-order valence-electron chi connectivity index (χ1n) is 9.22. The zero-order chi connectivity index (χ0) is 22.4. The summed E-state index contributed by atoms with van der Waals surface area (Å²) >= 11 is 6.10. The maximum Gasteiger partial charge on any atom is 0.325 e. The summed E-state index contributed by atoms with van der Waals surface area (Å²) in [5.41, 5.74) is 1.63. The van der Waals surface area contributed by atoms with Crippen LogP contribution in [-0.2, 0) is 27.5 Å². The van der Waals surface area contributed by atoms with E-state index in [-0.39, 0.29) is 25.5 Å². The van der Waals surface area contributed by atoms with Crippen molar-refractivity contribution in [1.29, 1.82) is 0 Å². The fraction of sp³-hybridized carbons (Fsp3) is 0.333. The fourth-order valence-corrected chi connectivity index (χ4v) is 3.30. The molecule has 31 heavy (non-hydrogen) atoms. The Morgan fingerprint density at radius 2 is 1.77 bits per heavy atom. The van der Waals surface area contributed by atoms with Crippen molar-refractivity contribution in [3.63, 3.8) is 0 Å². The van der Waals surface area contributed by atoms with Crippen molar-refractivity contribution in [2.24, 2.45) is 0 Å². The van der Waals surface area contributed by atoms with Gasteiger partial charge in [-0.1, -0.05) is 11.6 Å². The van der Waals surface area contributed by atoms with E-state index in [1.165, 1.54) is 33.5 Å². The molecule has 9 nitrogen and oxygen atoms in total. The number of halogens is 1. The number of benzene rings is 2. The van der Waals surface area contributed by atoms with Gasteiger partial charge >= 0.3 is 5.97 Å². The predicted molar refractivity (Wildman–Crippen MR) is 110 cm³/mol. The van der Waals surface area contributed by atoms with Gasteiger partial charge in [0.05, 0.1) is 27.9 Å². The second-order valence-corrected chi connectivity index (χ2v) is 6.86. The Morgan fingerprint density at radius 3 is 2.42 bits per heavy atom. The first-order valence-corrected chi connectivity index (χ1v) is 9.60. The zero-order valence-electron chi connectivity index (χ0n) is 17.3. The minimum atomic E-state index is -0.624. The Morgan fingerprint density at radius 1 is 1.06 bits per heavy atom. The van der Waals surface area contributed by atoms with Crippen molar-refractivity contribution in [3.8, 4) is 23.0 Å². The lowest BCUT2D eigenvalue weighted by Gasteiger charge is -2.21. The molecule has 166 valence electrons. The number of hydrogen-bond donors (Lipinski definition) is 1. The Labute approximate surface area is 184 Å². The molecule has 10 heteroatoms. The number of ether oxygens (including phenoxy) is 6. The molecule has 2 aromatic rings. The van der Waals surface area contributed by atoms with Crippen LogP contribution in [0, 0.1) is 0 Å². The summed E-state index contributed by atoms with van der Waals surface area (Å²) in [6.45, 7) is 0.0894. The third-order valence-electron chi connectivity index (χ3n) is 4.46. The number of amides is 1. The quantitative estimate of drug-likeness (QED) is 0.611. The highest BCUT2D eigenvalue weighted by molar-refractivity contribution is 6.30. The molecule has 0 atom stereocenters. The van der Waals surface area contributed by atoms with Crippen LogP contribution in [0.3, 0.4) is 0 Å². The van der Waals surface area contributed by atoms with E-state index in [9.17, 15) is 9.59 Å². The number of rotatable bonds is 8. The molecule has 0 saturated heterocycles. The highest BCUT2D eigenvalue weighted by atomic mass is 35.5. The van der Waals surface area contributed by atoms with Gasteiger partial charge in [-0.15, -0.1) is 0 Å². The summed E-state index contributed by atoms with van der Waals surface area (Å²) in [4.78, 5) is 24.6. The summed E-state index contributed by atoms with van der Waals surface area (Å²) in [5.74, 6) is 0.468. The largest absolute Gasteiger partial charge is 0.493 e. The molecule has 2 aromatic carbocycles. The first-order chi connectivity index (χ1) is 15.0. The van der Waals surface area contributed by atoms with E-state index in [2.05, 4.69) is 5.32 Å². The summed E-state index contributed by atoms with van der Waals surface area (Å²) in [7, 11) is 4.35. The molecule has 3 rings (SSSR count). The van der Waals surface area contributed by atoms with E-state index in [0.717, 1.165) is 5.56 Å². The van der Waals surface area contributed by atoms with Crippen LogP contribution in [-0.4, -0.2) is 46.5 Å². The molecular formula is C21H22ClNO8. The van der Waals surface area contributed by atoms with Crippen molar-refractivity contribution in [3.05, 3.63) is 46.0 Å². The van der Waals surface area contributed by atoms with Crippen molar-refractivity contribution >= 4 is 23.5 Å². The van der Waals surface area contributed by atoms with Crippen LogP contribution in [0.15, 0.2) is 24.3 Å². The SMILES string of the molecule is COc1cc(C(=O)NCC(=O)OCc2cc(Cl)cc3c2OCOC3)cc(OC)c1OC. The van der Waals surface area contributed by atoms with Gasteiger partial charge in [0.25, 0.3) is 5.91 Å². The molecule has 0 aromatic heterocycles. The lowest BCUT2D eigenvalue weighted by atomic mass is 10.1. The van der Waals surface area contributed by atoms with Gasteiger partial charge < -0.3 is 33.7 Å². The Bertz CT molecular complexity index is 953. The summed E-state index contributed by atoms with van der Waals surface area (Å²) in [5, 5.41) is 2.99. The summed E-state index contributed by atoms with van der Waals surface area (Å²) in [6.07, 6.45) is 0. The number of esters is 1. The molecule has 0 fully saturated rings. The van der Waals surface area contributed by atoms with Gasteiger partial charge in [-0.25, -0.2) is 0 Å². The highest BCUT2D eigenvalue weighted by Gasteiger charge is 2.19. The molecule has 1 aliphatic rings. The maximum atomic E-state index is 12.5. The second kappa shape index (κ2) is 10.2. The molecule has 1 amide bonds. The van der Waals surface area contributed by atoms with E-state index in [1.807, 2.05) is 0 Å². The number of nitrogens with one attached hydrogen (secondary N) is 1. The van der Waals surface area contributed by atoms with Crippen LogP contribution < -0.4 is 24.3 Å². The maximum absolute atomic E-state index is 12.5. The van der Waals surface area contributed by atoms with Gasteiger partial charge in [-0.05, 0) is 24.3 Å². The van der Waals surface area contributed by atoms with E-state index in [1.54, 1.807) is 12.1 Å². The standard InChI is InChI=1S/C21H22ClNO8/c1-26-16-6-12(7-17(27-2)20(16)28-3)21(25)23-8-18(24)30-10-14-5-15(22)4-13-9-29-11-31-19(13)14/h4-7H,8-11H2,1-3H3,(H,23,25). The molecule has 0 aliphatic carbocycles. The summed E-state index contributed by atoms with van der Waals surface area (Å²) < 4.78 is 31.7. The normalized spacial score (nSPS) is 12.3. The van der Waals surface area contributed by atoms with Crippen LogP contribution in [0.25, 0.3) is 0 Å². The molecule has 1 aliphatic heterocycles. The van der Waals surface area contributed by atoms with Crippen LogP contribution in [0.1, 0.15) is 21.5 Å². The monoisotopic (exact) mass is 451 g/mol. The van der Waals surface area contributed by atoms with E-state index < -0.39 is 11.9 Å².